The van der Waals surface area contributed by atoms with Crippen LogP contribution in [0.15, 0.2) is 473 Å². The van der Waals surface area contributed by atoms with Crippen molar-refractivity contribution in [2.75, 3.05) is 9.80 Å². The molecule has 19 aromatic carbocycles. The first-order valence-electron chi connectivity index (χ1n) is 42.3. The molecule has 23 rings (SSSR count). The Morgan fingerprint density at radius 1 is 0.180 bits per heavy atom. The molecule has 2 aromatic heterocycles. The fourth-order valence-electron chi connectivity index (χ4n) is 19.7. The van der Waals surface area contributed by atoms with Crippen LogP contribution in [0.1, 0.15) is 47.2 Å². The van der Waals surface area contributed by atoms with Gasteiger partial charge in [0.25, 0.3) is 0 Å². The molecule has 2 heterocycles. The zero-order chi connectivity index (χ0) is 81.2. The molecule has 122 heavy (non-hydrogen) atoms. The van der Waals surface area contributed by atoms with Crippen molar-refractivity contribution in [3.8, 4) is 89.3 Å². The van der Waals surface area contributed by atoms with Crippen LogP contribution in [-0.4, -0.2) is 9.13 Å². The number of rotatable bonds is 15. The van der Waals surface area contributed by atoms with Crippen LogP contribution in [0.4, 0.5) is 34.1 Å². The van der Waals surface area contributed by atoms with Crippen LogP contribution in [-0.2, 0) is 10.8 Å². The summed E-state index contributed by atoms with van der Waals surface area (Å²) in [5, 5.41) is 4.99. The average molecular weight is 1560 g/mol. The summed E-state index contributed by atoms with van der Waals surface area (Å²) in [6, 6.07) is 173. The van der Waals surface area contributed by atoms with Crippen LogP contribution in [0.3, 0.4) is 0 Å². The molecule has 2 aliphatic carbocycles. The van der Waals surface area contributed by atoms with Crippen LogP contribution in [0.25, 0.3) is 133 Å². The second-order valence-corrected chi connectivity index (χ2v) is 32.6. The van der Waals surface area contributed by atoms with E-state index in [-0.39, 0.29) is 5.41 Å². The van der Waals surface area contributed by atoms with Gasteiger partial charge in [0.15, 0.2) is 0 Å². The summed E-state index contributed by atoms with van der Waals surface area (Å²) >= 11 is 0. The van der Waals surface area contributed by atoms with E-state index in [9.17, 15) is 0 Å². The smallest absolute Gasteiger partial charge is 0.0714 e. The lowest BCUT2D eigenvalue weighted by molar-refractivity contribution is 0.660. The lowest BCUT2D eigenvalue weighted by Gasteiger charge is -2.35. The van der Waals surface area contributed by atoms with Gasteiger partial charge < -0.3 is 18.9 Å². The van der Waals surface area contributed by atoms with Crippen molar-refractivity contribution in [3.05, 3.63) is 507 Å². The van der Waals surface area contributed by atoms with Gasteiger partial charge in [-0.15, -0.1) is 0 Å². The van der Waals surface area contributed by atoms with E-state index in [4.69, 9.17) is 0 Å². The normalized spacial score (nSPS) is 12.6. The number of benzene rings is 19. The van der Waals surface area contributed by atoms with Gasteiger partial charge in [-0.2, -0.15) is 0 Å². The SMILES string of the molecule is CC1(C)c2ccccc2-c2ccc(N(c3ccccc3)c3ccc(-c4ccc5c(c4)c4ccccc4n5-c4ccc(-c5ccccc5)cc4)cc3)cc21.c1ccc(-c2ccc(N(c3ccc(-c4ccc5c(c4)c4ccccc4n5-c4ccccc4)cc3)c3ccc4c(c3)C(c3ccccc3)(c3ccccc3)c3ccccc3-4)cc2-c2ccccc2)cc1. The van der Waals surface area contributed by atoms with Crippen molar-refractivity contribution in [1.29, 1.82) is 0 Å². The van der Waals surface area contributed by atoms with Crippen LogP contribution in [0.5, 0.6) is 0 Å². The number of anilines is 6. The van der Waals surface area contributed by atoms with Gasteiger partial charge in [0.2, 0.25) is 0 Å². The molecule has 0 amide bonds. The topological polar surface area (TPSA) is 16.3 Å². The third-order valence-electron chi connectivity index (χ3n) is 25.5. The van der Waals surface area contributed by atoms with E-state index in [1.54, 1.807) is 0 Å². The molecule has 0 aliphatic heterocycles. The summed E-state index contributed by atoms with van der Waals surface area (Å²) in [4.78, 5) is 4.83. The monoisotopic (exact) mass is 1560 g/mol. The first kappa shape index (κ1) is 72.8. The van der Waals surface area contributed by atoms with Crippen LogP contribution in [0, 0.1) is 0 Å². The molecule has 4 nitrogen and oxygen atoms in total. The molecule has 0 atom stereocenters. The Balaban J connectivity index is 0.000000151. The summed E-state index contributed by atoms with van der Waals surface area (Å²) in [6.45, 7) is 4.69. The number of fused-ring (bicyclic) bond motifs is 12. The van der Waals surface area contributed by atoms with Gasteiger partial charge >= 0.3 is 0 Å². The van der Waals surface area contributed by atoms with Crippen molar-refractivity contribution in [1.82, 2.24) is 9.13 Å². The van der Waals surface area contributed by atoms with Gasteiger partial charge in [-0.1, -0.05) is 354 Å². The Labute approximate surface area is 712 Å². The number of nitrogens with zero attached hydrogens (tertiary/aromatic N) is 4. The minimum atomic E-state index is -0.533. The maximum absolute atomic E-state index is 2.47. The van der Waals surface area contributed by atoms with E-state index < -0.39 is 5.41 Å². The van der Waals surface area contributed by atoms with Gasteiger partial charge in [0.05, 0.1) is 27.5 Å². The lowest BCUT2D eigenvalue weighted by atomic mass is 9.67. The molecule has 0 bridgehead atoms. The molecule has 0 saturated carbocycles. The fraction of sp³-hybridized carbons (Fsp3) is 0.0339. The minimum absolute atomic E-state index is 0.0679. The number of para-hydroxylation sites is 4. The lowest BCUT2D eigenvalue weighted by Crippen LogP contribution is -2.28. The quantitative estimate of drug-likeness (QED) is 0.102. The summed E-state index contributed by atoms with van der Waals surface area (Å²) in [6.07, 6.45) is 0. The number of hydrogen-bond donors (Lipinski definition) is 0. The van der Waals surface area contributed by atoms with Gasteiger partial charge in [-0.3, -0.25) is 0 Å². The zero-order valence-corrected chi connectivity index (χ0v) is 67.8. The van der Waals surface area contributed by atoms with Crippen molar-refractivity contribution in [3.63, 3.8) is 0 Å². The maximum atomic E-state index is 2.47. The summed E-state index contributed by atoms with van der Waals surface area (Å²) in [5.41, 5.74) is 38.2. The van der Waals surface area contributed by atoms with E-state index in [2.05, 4.69) is 506 Å². The molecule has 0 unspecified atom stereocenters. The first-order valence-corrected chi connectivity index (χ1v) is 42.3. The molecule has 0 N–H and O–H groups in total. The molecule has 0 saturated heterocycles. The highest BCUT2D eigenvalue weighted by atomic mass is 15.1. The van der Waals surface area contributed by atoms with Crippen molar-refractivity contribution in [2.45, 2.75) is 24.7 Å². The highest BCUT2D eigenvalue weighted by molar-refractivity contribution is 6.12. The first-order chi connectivity index (χ1) is 60.3. The minimum Gasteiger partial charge on any atom is -0.310 e. The van der Waals surface area contributed by atoms with Crippen LogP contribution >= 0.6 is 0 Å². The predicted octanol–water partition coefficient (Wildman–Crippen LogP) is 31.5. The van der Waals surface area contributed by atoms with Crippen LogP contribution in [0.2, 0.25) is 0 Å². The zero-order valence-electron chi connectivity index (χ0n) is 67.8. The molecular formula is C118H84N4. The van der Waals surface area contributed by atoms with Gasteiger partial charge in [0, 0.05) is 72.5 Å². The Morgan fingerprint density at radius 3 is 1.02 bits per heavy atom. The Morgan fingerprint density at radius 2 is 0.500 bits per heavy atom. The molecule has 576 valence electrons. The summed E-state index contributed by atoms with van der Waals surface area (Å²) in [7, 11) is 0. The summed E-state index contributed by atoms with van der Waals surface area (Å²) in [5.74, 6) is 0. The van der Waals surface area contributed by atoms with Gasteiger partial charge in [-0.25, -0.2) is 0 Å². The molecule has 2 aliphatic rings. The molecule has 4 heteroatoms. The van der Waals surface area contributed by atoms with Gasteiger partial charge in [0.1, 0.15) is 0 Å². The van der Waals surface area contributed by atoms with E-state index in [0.29, 0.717) is 0 Å². The van der Waals surface area contributed by atoms with E-state index in [1.807, 2.05) is 0 Å². The second kappa shape index (κ2) is 30.4. The molecule has 0 spiro atoms. The Hall–Kier alpha value is -15.6. The summed E-state index contributed by atoms with van der Waals surface area (Å²) < 4.78 is 4.77. The Kier molecular flexibility index (Phi) is 18.1. The van der Waals surface area contributed by atoms with Crippen molar-refractivity contribution in [2.24, 2.45) is 0 Å². The van der Waals surface area contributed by atoms with Crippen molar-refractivity contribution >= 4 is 77.7 Å². The second-order valence-electron chi connectivity index (χ2n) is 32.6. The largest absolute Gasteiger partial charge is 0.310 e. The van der Waals surface area contributed by atoms with E-state index >= 15 is 0 Å². The number of aromatic nitrogens is 2. The Bertz CT molecular complexity index is 7420. The highest BCUT2D eigenvalue weighted by Gasteiger charge is 2.46. The van der Waals surface area contributed by atoms with Gasteiger partial charge in [-0.05, 0) is 245 Å². The molecule has 0 radical (unpaired) electrons. The fourth-order valence-corrected chi connectivity index (χ4v) is 19.7. The van der Waals surface area contributed by atoms with E-state index in [0.717, 1.165) is 51.1 Å². The van der Waals surface area contributed by atoms with Crippen molar-refractivity contribution < 1.29 is 0 Å². The highest BCUT2D eigenvalue weighted by Crippen LogP contribution is 2.58. The third kappa shape index (κ3) is 12.4. The van der Waals surface area contributed by atoms with Crippen LogP contribution < -0.4 is 9.80 Å². The maximum Gasteiger partial charge on any atom is 0.0714 e. The molecule has 21 aromatic rings. The third-order valence-corrected chi connectivity index (χ3v) is 25.5. The number of hydrogen-bond acceptors (Lipinski definition) is 2. The molecule has 0 fully saturated rings. The standard InChI is InChI=1S/C67H46N2.C51H38N2/c1-6-20-48(21-7-1)57-41-39-55(45-61(57)49-22-8-2-9-23-49)68(54-37-34-47(35-38-54)50-36-43-66-62(44-50)60-31-17-19-33-65(60)69(66)53-28-14-5-15-29-53)56-40-42-59-58-30-16-18-32-63(58)67(64(59)46-56,51-24-10-3-11-25-51)52-26-12-4-13-27-52;1-51(2)47-19-11-9-17-43(47)44-31-30-42(34-48(44)51)52(39-15-7-4-8-16-39)40-26-23-37(24-27-40)38-25-32-50-46(33-38)45-18-10-12-20-49(45)53(50)41-28-21-36(22-29-41)35-13-5-3-6-14-35/h1-46H;3-34H,1-2H3. The average Bonchev–Trinajstić information content (AvgIpc) is 1.53. The molecular weight excluding hydrogens is 1470 g/mol. The van der Waals surface area contributed by atoms with E-state index in [1.165, 1.54) is 149 Å². The predicted molar refractivity (Wildman–Crippen MR) is 513 cm³/mol.